The van der Waals surface area contributed by atoms with Crippen LogP contribution in [0.2, 0.25) is 0 Å². The van der Waals surface area contributed by atoms with Crippen molar-refractivity contribution in [3.8, 4) is 0 Å². The molecule has 1 amide bonds. The van der Waals surface area contributed by atoms with Gasteiger partial charge in [0.15, 0.2) is 5.82 Å². The minimum Gasteiger partial charge on any atom is -0.339 e. The summed E-state index contributed by atoms with van der Waals surface area (Å²) in [5.74, 6) is 1.53. The summed E-state index contributed by atoms with van der Waals surface area (Å²) in [5.41, 5.74) is 1.93. The molecule has 2 heterocycles. The van der Waals surface area contributed by atoms with E-state index in [9.17, 15) is 4.79 Å². The van der Waals surface area contributed by atoms with Gasteiger partial charge in [-0.15, -0.1) is 0 Å². The van der Waals surface area contributed by atoms with Crippen LogP contribution in [0.3, 0.4) is 0 Å². The molecule has 2 N–H and O–H groups in total. The second kappa shape index (κ2) is 8.06. The Bertz CT molecular complexity index is 658. The van der Waals surface area contributed by atoms with Gasteiger partial charge in [0.05, 0.1) is 6.42 Å². The average molecular weight is 328 g/mol. The van der Waals surface area contributed by atoms with Gasteiger partial charge < -0.3 is 15.2 Å². The zero-order valence-corrected chi connectivity index (χ0v) is 14.0. The van der Waals surface area contributed by atoms with E-state index >= 15 is 0 Å². The number of carbonyl (C=O) groups excluding carboxylic acids is 1. The van der Waals surface area contributed by atoms with E-state index in [1.54, 1.807) is 0 Å². The number of aromatic nitrogens is 2. The van der Waals surface area contributed by atoms with Crippen molar-refractivity contribution < 1.29 is 9.32 Å². The number of aryl methyl sites for hydroxylation is 1. The zero-order chi connectivity index (χ0) is 16.8. The van der Waals surface area contributed by atoms with Gasteiger partial charge in [0.25, 0.3) is 0 Å². The lowest BCUT2D eigenvalue weighted by atomic mass is 9.97. The maximum Gasteiger partial charge on any atom is 0.232 e. The lowest BCUT2D eigenvalue weighted by Crippen LogP contribution is -2.15. The SMILES string of the molecule is Cc1ccc(NC(=O)Cc2noc(CC3CCCNCC3)n2)cc1. The minimum atomic E-state index is -0.134. The first kappa shape index (κ1) is 16.6. The third kappa shape index (κ3) is 4.89. The number of hydrogen-bond donors (Lipinski definition) is 2. The van der Waals surface area contributed by atoms with Gasteiger partial charge in [-0.05, 0) is 57.3 Å². The molecule has 1 unspecified atom stereocenters. The fraction of sp³-hybridized carbons (Fsp3) is 0.500. The van der Waals surface area contributed by atoms with Crippen LogP contribution in [-0.2, 0) is 17.6 Å². The Balaban J connectivity index is 1.51. The molecule has 128 valence electrons. The van der Waals surface area contributed by atoms with Crippen LogP contribution in [0.4, 0.5) is 5.69 Å². The van der Waals surface area contributed by atoms with Gasteiger partial charge in [0, 0.05) is 12.1 Å². The summed E-state index contributed by atoms with van der Waals surface area (Å²) in [5, 5.41) is 10.2. The lowest BCUT2D eigenvalue weighted by molar-refractivity contribution is -0.115. The second-order valence-corrected chi connectivity index (χ2v) is 6.45. The summed E-state index contributed by atoms with van der Waals surface area (Å²) < 4.78 is 5.31. The first-order chi connectivity index (χ1) is 11.7. The zero-order valence-electron chi connectivity index (χ0n) is 14.0. The van der Waals surface area contributed by atoms with Crippen molar-refractivity contribution in [2.75, 3.05) is 18.4 Å². The lowest BCUT2D eigenvalue weighted by Gasteiger charge is -2.09. The summed E-state index contributed by atoms with van der Waals surface area (Å²) in [6.07, 6.45) is 4.42. The normalized spacial score (nSPS) is 18.1. The Hall–Kier alpha value is -2.21. The molecule has 3 rings (SSSR count). The molecular formula is C18H24N4O2. The molecule has 24 heavy (non-hydrogen) atoms. The van der Waals surface area contributed by atoms with Gasteiger partial charge in [-0.3, -0.25) is 4.79 Å². The molecule has 1 saturated heterocycles. The maximum absolute atomic E-state index is 12.1. The second-order valence-electron chi connectivity index (χ2n) is 6.45. The fourth-order valence-corrected chi connectivity index (χ4v) is 2.97. The van der Waals surface area contributed by atoms with Crippen molar-refractivity contribution in [2.24, 2.45) is 5.92 Å². The summed E-state index contributed by atoms with van der Waals surface area (Å²) in [7, 11) is 0. The van der Waals surface area contributed by atoms with Crippen LogP contribution in [0.25, 0.3) is 0 Å². The van der Waals surface area contributed by atoms with Crippen molar-refractivity contribution in [3.05, 3.63) is 41.5 Å². The van der Waals surface area contributed by atoms with Gasteiger partial charge in [-0.25, -0.2) is 0 Å². The molecule has 1 aliphatic heterocycles. The predicted molar refractivity (Wildman–Crippen MR) is 91.7 cm³/mol. The molecule has 1 fully saturated rings. The molecule has 0 radical (unpaired) electrons. The summed E-state index contributed by atoms with van der Waals surface area (Å²) >= 11 is 0. The van der Waals surface area contributed by atoms with Crippen LogP contribution < -0.4 is 10.6 Å². The van der Waals surface area contributed by atoms with Crippen LogP contribution in [0, 0.1) is 12.8 Å². The van der Waals surface area contributed by atoms with Gasteiger partial charge >= 0.3 is 0 Å². The molecule has 1 aliphatic rings. The van der Waals surface area contributed by atoms with Crippen LogP contribution in [0.1, 0.15) is 36.5 Å². The van der Waals surface area contributed by atoms with Crippen molar-refractivity contribution in [2.45, 2.75) is 39.0 Å². The molecule has 1 aromatic carbocycles. The highest BCUT2D eigenvalue weighted by molar-refractivity contribution is 5.91. The highest BCUT2D eigenvalue weighted by Gasteiger charge is 2.17. The molecule has 1 atom stereocenters. The Morgan fingerprint density at radius 1 is 1.29 bits per heavy atom. The average Bonchev–Trinajstić information content (AvgIpc) is 2.83. The number of nitrogens with one attached hydrogen (secondary N) is 2. The van der Waals surface area contributed by atoms with Gasteiger partial charge in [-0.1, -0.05) is 22.9 Å². The molecule has 2 aromatic rings. The van der Waals surface area contributed by atoms with E-state index in [1.807, 2.05) is 31.2 Å². The molecule has 6 heteroatoms. The van der Waals surface area contributed by atoms with Crippen LogP contribution in [-0.4, -0.2) is 29.1 Å². The number of benzene rings is 1. The van der Waals surface area contributed by atoms with E-state index in [-0.39, 0.29) is 12.3 Å². The Labute approximate surface area is 142 Å². The van der Waals surface area contributed by atoms with Crippen molar-refractivity contribution >= 4 is 11.6 Å². The van der Waals surface area contributed by atoms with E-state index in [1.165, 1.54) is 12.8 Å². The summed E-state index contributed by atoms with van der Waals surface area (Å²) in [6, 6.07) is 7.69. The summed E-state index contributed by atoms with van der Waals surface area (Å²) in [4.78, 5) is 16.4. The summed E-state index contributed by atoms with van der Waals surface area (Å²) in [6.45, 7) is 4.15. The Morgan fingerprint density at radius 3 is 2.96 bits per heavy atom. The molecule has 1 aromatic heterocycles. The van der Waals surface area contributed by atoms with Gasteiger partial charge in [0.2, 0.25) is 11.8 Å². The standard InChI is InChI=1S/C18H24N4O2/c1-13-4-6-15(7-5-13)20-17(23)12-16-21-18(24-22-16)11-14-3-2-9-19-10-8-14/h4-7,14,19H,2-3,8-12H2,1H3,(H,20,23). The van der Waals surface area contributed by atoms with Crippen molar-refractivity contribution in [1.29, 1.82) is 0 Å². The van der Waals surface area contributed by atoms with E-state index in [4.69, 9.17) is 4.52 Å². The number of carbonyl (C=O) groups is 1. The first-order valence-electron chi connectivity index (χ1n) is 8.58. The van der Waals surface area contributed by atoms with E-state index in [0.717, 1.165) is 37.2 Å². The maximum atomic E-state index is 12.1. The van der Waals surface area contributed by atoms with Crippen LogP contribution >= 0.6 is 0 Å². The third-order valence-corrected chi connectivity index (χ3v) is 4.32. The smallest absolute Gasteiger partial charge is 0.232 e. The van der Waals surface area contributed by atoms with E-state index in [0.29, 0.717) is 17.6 Å². The van der Waals surface area contributed by atoms with Crippen molar-refractivity contribution in [1.82, 2.24) is 15.5 Å². The number of nitrogens with zero attached hydrogens (tertiary/aromatic N) is 2. The monoisotopic (exact) mass is 328 g/mol. The van der Waals surface area contributed by atoms with Crippen LogP contribution in [0.5, 0.6) is 0 Å². The van der Waals surface area contributed by atoms with Gasteiger partial charge in [-0.2, -0.15) is 4.98 Å². The van der Waals surface area contributed by atoms with Crippen molar-refractivity contribution in [3.63, 3.8) is 0 Å². The Morgan fingerprint density at radius 2 is 2.12 bits per heavy atom. The highest BCUT2D eigenvalue weighted by atomic mass is 16.5. The number of hydrogen-bond acceptors (Lipinski definition) is 5. The molecule has 0 saturated carbocycles. The van der Waals surface area contributed by atoms with E-state index in [2.05, 4.69) is 20.8 Å². The molecule has 0 aliphatic carbocycles. The number of anilines is 1. The first-order valence-corrected chi connectivity index (χ1v) is 8.58. The highest BCUT2D eigenvalue weighted by Crippen LogP contribution is 2.18. The number of rotatable bonds is 5. The molecular weight excluding hydrogens is 304 g/mol. The minimum absolute atomic E-state index is 0.129. The topological polar surface area (TPSA) is 80.0 Å². The quantitative estimate of drug-likeness (QED) is 0.881. The molecule has 6 nitrogen and oxygen atoms in total. The largest absolute Gasteiger partial charge is 0.339 e. The van der Waals surface area contributed by atoms with E-state index < -0.39 is 0 Å². The Kier molecular flexibility index (Phi) is 5.59. The third-order valence-electron chi connectivity index (χ3n) is 4.32. The number of amides is 1. The fourth-order valence-electron chi connectivity index (χ4n) is 2.97. The van der Waals surface area contributed by atoms with Gasteiger partial charge in [0.1, 0.15) is 0 Å². The molecule has 0 bridgehead atoms. The predicted octanol–water partition coefficient (Wildman–Crippen LogP) is 2.49. The van der Waals surface area contributed by atoms with Crippen LogP contribution in [0.15, 0.2) is 28.8 Å². The molecule has 0 spiro atoms.